The fraction of sp³-hybridized carbons (Fsp3) is 0.286. The number of nitrogens with zero attached hydrogens (tertiary/aromatic N) is 1. The summed E-state index contributed by atoms with van der Waals surface area (Å²) >= 11 is 0. The maximum Gasteiger partial charge on any atom is 0.326 e. The van der Waals surface area contributed by atoms with Gasteiger partial charge in [0.1, 0.15) is 11.9 Å². The monoisotopic (exact) mass is 263 g/mol. The van der Waals surface area contributed by atoms with Gasteiger partial charge in [0.15, 0.2) is 0 Å². The van der Waals surface area contributed by atoms with Crippen molar-refractivity contribution < 1.29 is 19.1 Å². The molecule has 0 aliphatic carbocycles. The minimum Gasteiger partial charge on any atom is -0.480 e. The van der Waals surface area contributed by atoms with E-state index < -0.39 is 12.0 Å². The van der Waals surface area contributed by atoms with Gasteiger partial charge in [0.05, 0.1) is 0 Å². The summed E-state index contributed by atoms with van der Waals surface area (Å²) in [5.74, 6) is -1.63. The smallest absolute Gasteiger partial charge is 0.326 e. The fourth-order valence-electron chi connectivity index (χ4n) is 2.12. The summed E-state index contributed by atoms with van der Waals surface area (Å²) in [6.07, 6.45) is 4.08. The fourth-order valence-corrected chi connectivity index (χ4v) is 2.12. The molecule has 0 unspecified atom stereocenters. The number of hydrogen-bond acceptors (Lipinski definition) is 2. The van der Waals surface area contributed by atoms with Crippen molar-refractivity contribution in [3.8, 4) is 0 Å². The largest absolute Gasteiger partial charge is 0.480 e. The number of halogens is 1. The van der Waals surface area contributed by atoms with Gasteiger partial charge in [-0.15, -0.1) is 0 Å². The van der Waals surface area contributed by atoms with Crippen molar-refractivity contribution in [1.29, 1.82) is 0 Å². The van der Waals surface area contributed by atoms with Crippen molar-refractivity contribution in [2.45, 2.75) is 18.9 Å². The van der Waals surface area contributed by atoms with E-state index in [4.69, 9.17) is 5.11 Å². The van der Waals surface area contributed by atoms with E-state index in [9.17, 15) is 14.0 Å². The predicted octanol–water partition coefficient (Wildman–Crippen LogP) is 1.91. The summed E-state index contributed by atoms with van der Waals surface area (Å²) in [6.45, 7) is 0.462. The number of benzene rings is 1. The van der Waals surface area contributed by atoms with Gasteiger partial charge in [-0.3, -0.25) is 4.79 Å². The van der Waals surface area contributed by atoms with Crippen molar-refractivity contribution in [3.05, 3.63) is 41.7 Å². The van der Waals surface area contributed by atoms with Gasteiger partial charge in [0.2, 0.25) is 5.91 Å². The number of carbonyl (C=O) groups is 2. The van der Waals surface area contributed by atoms with Crippen LogP contribution in [0.15, 0.2) is 30.3 Å². The molecule has 1 amide bonds. The molecule has 4 nitrogen and oxygen atoms in total. The minimum absolute atomic E-state index is 0.325. The van der Waals surface area contributed by atoms with Gasteiger partial charge in [-0.05, 0) is 36.6 Å². The van der Waals surface area contributed by atoms with Crippen LogP contribution in [0.1, 0.15) is 18.4 Å². The molecule has 1 aliphatic heterocycles. The van der Waals surface area contributed by atoms with E-state index >= 15 is 0 Å². The molecular formula is C14H14FNO3. The summed E-state index contributed by atoms with van der Waals surface area (Å²) in [7, 11) is 0. The van der Waals surface area contributed by atoms with Gasteiger partial charge in [0.25, 0.3) is 0 Å². The molecule has 1 aliphatic rings. The van der Waals surface area contributed by atoms with Crippen LogP contribution in [0.2, 0.25) is 0 Å². The van der Waals surface area contributed by atoms with E-state index in [1.165, 1.54) is 23.1 Å². The third-order valence-electron chi connectivity index (χ3n) is 3.11. The Bertz CT molecular complexity index is 510. The number of aliphatic carboxylic acids is 1. The molecule has 1 aromatic carbocycles. The lowest BCUT2D eigenvalue weighted by atomic mass is 10.2. The Balaban J connectivity index is 2.04. The first-order valence-corrected chi connectivity index (χ1v) is 6.05. The van der Waals surface area contributed by atoms with Crippen molar-refractivity contribution in [2.24, 2.45) is 0 Å². The Morgan fingerprint density at radius 1 is 1.32 bits per heavy atom. The third kappa shape index (κ3) is 3.19. The molecule has 0 bridgehead atoms. The van der Waals surface area contributed by atoms with E-state index in [1.807, 2.05) is 0 Å². The Morgan fingerprint density at radius 2 is 2.00 bits per heavy atom. The average Bonchev–Trinajstić information content (AvgIpc) is 2.87. The molecule has 1 aromatic rings. The van der Waals surface area contributed by atoms with Crippen LogP contribution < -0.4 is 0 Å². The number of hydrogen-bond donors (Lipinski definition) is 1. The van der Waals surface area contributed by atoms with Crippen LogP contribution in [-0.4, -0.2) is 34.5 Å². The summed E-state index contributed by atoms with van der Waals surface area (Å²) < 4.78 is 12.7. The first kappa shape index (κ1) is 13.3. The zero-order valence-corrected chi connectivity index (χ0v) is 10.3. The Hall–Kier alpha value is -2.17. The van der Waals surface area contributed by atoms with E-state index in [0.29, 0.717) is 24.9 Å². The zero-order valence-electron chi connectivity index (χ0n) is 10.3. The standard InChI is InChI=1S/C14H14FNO3/c15-11-6-3-10(4-7-11)5-8-13(17)16-9-1-2-12(16)14(18)19/h3-8,12H,1-2,9H2,(H,18,19)/t12-/m1/s1. The van der Waals surface area contributed by atoms with E-state index in [2.05, 4.69) is 0 Å². The molecule has 19 heavy (non-hydrogen) atoms. The van der Waals surface area contributed by atoms with Crippen molar-refractivity contribution in [1.82, 2.24) is 4.90 Å². The van der Waals surface area contributed by atoms with Crippen molar-refractivity contribution in [3.63, 3.8) is 0 Å². The third-order valence-corrected chi connectivity index (χ3v) is 3.11. The Kier molecular flexibility index (Phi) is 3.94. The highest BCUT2D eigenvalue weighted by atomic mass is 19.1. The molecular weight excluding hydrogens is 249 g/mol. The molecule has 0 spiro atoms. The van der Waals surface area contributed by atoms with Gasteiger partial charge in [-0.1, -0.05) is 12.1 Å². The summed E-state index contributed by atoms with van der Waals surface area (Å²) in [5.41, 5.74) is 0.695. The molecule has 0 aromatic heterocycles. The molecule has 1 N–H and O–H groups in total. The first-order valence-electron chi connectivity index (χ1n) is 6.05. The number of carbonyl (C=O) groups excluding carboxylic acids is 1. The lowest BCUT2D eigenvalue weighted by Crippen LogP contribution is -2.39. The maximum atomic E-state index is 12.7. The maximum absolute atomic E-state index is 12.7. The molecule has 1 atom stereocenters. The van der Waals surface area contributed by atoms with Gasteiger partial charge >= 0.3 is 5.97 Å². The second kappa shape index (κ2) is 5.65. The van der Waals surface area contributed by atoms with Gasteiger partial charge in [-0.2, -0.15) is 0 Å². The van der Waals surface area contributed by atoms with Crippen LogP contribution >= 0.6 is 0 Å². The minimum atomic E-state index is -0.971. The molecule has 1 heterocycles. The topological polar surface area (TPSA) is 57.6 Å². The predicted molar refractivity (Wildman–Crippen MR) is 67.8 cm³/mol. The Morgan fingerprint density at radius 3 is 2.63 bits per heavy atom. The van der Waals surface area contributed by atoms with Crippen LogP contribution in [-0.2, 0) is 9.59 Å². The second-order valence-electron chi connectivity index (χ2n) is 4.41. The van der Waals surface area contributed by atoms with Crippen LogP contribution in [0.4, 0.5) is 4.39 Å². The van der Waals surface area contributed by atoms with Crippen LogP contribution in [0, 0.1) is 5.82 Å². The highest BCUT2D eigenvalue weighted by molar-refractivity contribution is 5.94. The number of likely N-dealkylation sites (tertiary alicyclic amines) is 1. The Labute approximate surface area is 110 Å². The molecule has 5 heteroatoms. The molecule has 2 rings (SSSR count). The molecule has 0 radical (unpaired) electrons. The van der Waals surface area contributed by atoms with E-state index in [1.54, 1.807) is 18.2 Å². The second-order valence-corrected chi connectivity index (χ2v) is 4.41. The van der Waals surface area contributed by atoms with E-state index in [-0.39, 0.29) is 11.7 Å². The SMILES string of the molecule is O=C(O)[C@H]1CCCN1C(=O)C=Cc1ccc(F)cc1. The lowest BCUT2D eigenvalue weighted by molar-refractivity contribution is -0.146. The highest BCUT2D eigenvalue weighted by Gasteiger charge is 2.32. The summed E-state index contributed by atoms with van der Waals surface area (Å²) in [5, 5.41) is 8.99. The quantitative estimate of drug-likeness (QED) is 0.847. The molecule has 1 fully saturated rings. The van der Waals surface area contributed by atoms with Crippen LogP contribution in [0.25, 0.3) is 6.08 Å². The van der Waals surface area contributed by atoms with Gasteiger partial charge in [0, 0.05) is 12.6 Å². The molecule has 1 saturated heterocycles. The molecule has 0 saturated carbocycles. The summed E-state index contributed by atoms with van der Waals surface area (Å²) in [4.78, 5) is 24.2. The number of rotatable bonds is 3. The van der Waals surface area contributed by atoms with Crippen LogP contribution in [0.5, 0.6) is 0 Å². The van der Waals surface area contributed by atoms with Crippen molar-refractivity contribution in [2.75, 3.05) is 6.54 Å². The number of carboxylic acid groups (broad SMARTS) is 1. The number of amides is 1. The van der Waals surface area contributed by atoms with Crippen molar-refractivity contribution >= 4 is 18.0 Å². The van der Waals surface area contributed by atoms with E-state index in [0.717, 1.165) is 0 Å². The summed E-state index contributed by atoms with van der Waals surface area (Å²) in [6, 6.07) is 4.99. The highest BCUT2D eigenvalue weighted by Crippen LogP contribution is 2.18. The van der Waals surface area contributed by atoms with Gasteiger partial charge in [-0.25, -0.2) is 9.18 Å². The average molecular weight is 263 g/mol. The first-order chi connectivity index (χ1) is 9.08. The normalized spacial score (nSPS) is 19.0. The van der Waals surface area contributed by atoms with Crippen LogP contribution in [0.3, 0.4) is 0 Å². The lowest BCUT2D eigenvalue weighted by Gasteiger charge is -2.19. The number of carboxylic acids is 1. The molecule has 100 valence electrons. The zero-order chi connectivity index (χ0) is 13.8. The van der Waals surface area contributed by atoms with Gasteiger partial charge < -0.3 is 10.0 Å².